The molecule has 80 valence electrons. The Labute approximate surface area is 81.2 Å². The summed E-state index contributed by atoms with van der Waals surface area (Å²) in [7, 11) is 0. The normalized spacial score (nSPS) is 12.4. The fourth-order valence-corrected chi connectivity index (χ4v) is 0.910. The molecule has 0 aromatic carbocycles. The molecular weight excluding hydrogens is 188 g/mol. The molecule has 1 unspecified atom stereocenters. The first-order valence-corrected chi connectivity index (χ1v) is 3.94. The van der Waals surface area contributed by atoms with E-state index in [1.54, 1.807) is 0 Å². The highest BCUT2D eigenvalue weighted by molar-refractivity contribution is 5.83. The van der Waals surface area contributed by atoms with Gasteiger partial charge in [-0.3, -0.25) is 19.3 Å². The van der Waals surface area contributed by atoms with Crippen molar-refractivity contribution in [3.05, 3.63) is 0 Å². The van der Waals surface area contributed by atoms with Crippen molar-refractivity contribution in [3.63, 3.8) is 0 Å². The monoisotopic (exact) mass is 202 g/mol. The molecule has 7 nitrogen and oxygen atoms in total. The first-order chi connectivity index (χ1) is 6.34. The Kier molecular flexibility index (Phi) is 4.57. The summed E-state index contributed by atoms with van der Waals surface area (Å²) in [6.07, 6.45) is 0. The van der Waals surface area contributed by atoms with Gasteiger partial charge in [0.05, 0.1) is 19.1 Å². The van der Waals surface area contributed by atoms with E-state index in [2.05, 4.69) is 0 Å². The molecule has 1 atom stereocenters. The highest BCUT2D eigenvalue weighted by atomic mass is 16.2. The van der Waals surface area contributed by atoms with Crippen LogP contribution in [0.4, 0.5) is 0 Å². The average molecular weight is 202 g/mol. The molecule has 0 aliphatic carbocycles. The van der Waals surface area contributed by atoms with Crippen molar-refractivity contribution in [3.8, 4) is 0 Å². The molecular formula is C7H14N4O3. The van der Waals surface area contributed by atoms with Crippen LogP contribution in [-0.2, 0) is 14.4 Å². The van der Waals surface area contributed by atoms with Crippen molar-refractivity contribution in [2.45, 2.75) is 13.0 Å². The van der Waals surface area contributed by atoms with E-state index in [1.807, 2.05) is 0 Å². The lowest BCUT2D eigenvalue weighted by molar-refractivity contribution is -0.127. The zero-order valence-electron chi connectivity index (χ0n) is 7.90. The lowest BCUT2D eigenvalue weighted by Crippen LogP contribution is -2.49. The Morgan fingerprint density at radius 3 is 1.64 bits per heavy atom. The van der Waals surface area contributed by atoms with E-state index in [1.165, 1.54) is 11.8 Å². The largest absolute Gasteiger partial charge is 0.369 e. The first kappa shape index (κ1) is 12.4. The summed E-state index contributed by atoms with van der Waals surface area (Å²) in [5, 5.41) is 0. The predicted molar refractivity (Wildman–Crippen MR) is 48.6 cm³/mol. The highest BCUT2D eigenvalue weighted by Crippen LogP contribution is 1.96. The topological polar surface area (TPSA) is 133 Å². The van der Waals surface area contributed by atoms with Gasteiger partial charge in [-0.15, -0.1) is 0 Å². The molecule has 0 heterocycles. The van der Waals surface area contributed by atoms with Gasteiger partial charge in [0.15, 0.2) is 0 Å². The SMILES string of the molecule is CC(C(N)=O)N(CC(N)=O)CC(N)=O. The maximum absolute atomic E-state index is 10.8. The third-order valence-electron chi connectivity index (χ3n) is 1.68. The van der Waals surface area contributed by atoms with Crippen LogP contribution in [0.15, 0.2) is 0 Å². The molecule has 0 aromatic heterocycles. The third-order valence-corrected chi connectivity index (χ3v) is 1.68. The summed E-state index contributed by atoms with van der Waals surface area (Å²) in [4.78, 5) is 33.2. The third kappa shape index (κ3) is 4.41. The molecule has 0 bridgehead atoms. The van der Waals surface area contributed by atoms with Crippen molar-refractivity contribution in [1.29, 1.82) is 0 Å². The van der Waals surface area contributed by atoms with Crippen molar-refractivity contribution in [2.75, 3.05) is 13.1 Å². The molecule has 14 heavy (non-hydrogen) atoms. The van der Waals surface area contributed by atoms with Crippen LogP contribution in [0.25, 0.3) is 0 Å². The molecule has 0 saturated carbocycles. The van der Waals surface area contributed by atoms with E-state index in [0.717, 1.165) is 0 Å². The number of rotatable bonds is 6. The van der Waals surface area contributed by atoms with E-state index >= 15 is 0 Å². The van der Waals surface area contributed by atoms with Gasteiger partial charge < -0.3 is 17.2 Å². The average Bonchev–Trinajstić information content (AvgIpc) is 1.99. The number of amides is 3. The molecule has 3 amide bonds. The number of hydrogen-bond acceptors (Lipinski definition) is 4. The first-order valence-electron chi connectivity index (χ1n) is 3.94. The van der Waals surface area contributed by atoms with Crippen LogP contribution in [0.2, 0.25) is 0 Å². The van der Waals surface area contributed by atoms with Crippen molar-refractivity contribution in [1.82, 2.24) is 4.90 Å². The fourth-order valence-electron chi connectivity index (χ4n) is 0.910. The zero-order valence-corrected chi connectivity index (χ0v) is 7.90. The molecule has 0 rings (SSSR count). The van der Waals surface area contributed by atoms with E-state index in [9.17, 15) is 14.4 Å². The second-order valence-electron chi connectivity index (χ2n) is 2.92. The van der Waals surface area contributed by atoms with Crippen LogP contribution in [0.1, 0.15) is 6.92 Å². The number of hydrogen-bond donors (Lipinski definition) is 3. The molecule has 0 aliphatic rings. The Hall–Kier alpha value is -1.63. The van der Waals surface area contributed by atoms with Gasteiger partial charge in [0.2, 0.25) is 17.7 Å². The number of nitrogens with two attached hydrogens (primary N) is 3. The van der Waals surface area contributed by atoms with Crippen LogP contribution >= 0.6 is 0 Å². The summed E-state index contributed by atoms with van der Waals surface area (Å²) in [5.74, 6) is -1.95. The number of carbonyl (C=O) groups excluding carboxylic acids is 3. The summed E-state index contributed by atoms with van der Waals surface area (Å²) in [5.41, 5.74) is 14.8. The molecule has 0 aromatic rings. The van der Waals surface area contributed by atoms with Crippen molar-refractivity contribution in [2.24, 2.45) is 17.2 Å². The van der Waals surface area contributed by atoms with Gasteiger partial charge in [0.25, 0.3) is 0 Å². The maximum atomic E-state index is 10.8. The van der Waals surface area contributed by atoms with Gasteiger partial charge in [-0.25, -0.2) is 0 Å². The summed E-state index contributed by atoms with van der Waals surface area (Å²) in [6.45, 7) is 1.01. The fraction of sp³-hybridized carbons (Fsp3) is 0.571. The summed E-state index contributed by atoms with van der Waals surface area (Å²) >= 11 is 0. The van der Waals surface area contributed by atoms with Crippen LogP contribution in [0, 0.1) is 0 Å². The van der Waals surface area contributed by atoms with Gasteiger partial charge in [0.1, 0.15) is 0 Å². The Morgan fingerprint density at radius 2 is 1.43 bits per heavy atom. The van der Waals surface area contributed by atoms with Crippen LogP contribution < -0.4 is 17.2 Å². The summed E-state index contributed by atoms with van der Waals surface area (Å²) in [6, 6.07) is -0.755. The minimum Gasteiger partial charge on any atom is -0.369 e. The van der Waals surface area contributed by atoms with E-state index in [4.69, 9.17) is 17.2 Å². The van der Waals surface area contributed by atoms with Crippen molar-refractivity contribution < 1.29 is 14.4 Å². The second kappa shape index (κ2) is 5.18. The maximum Gasteiger partial charge on any atom is 0.234 e. The molecule has 6 N–H and O–H groups in total. The summed E-state index contributed by atoms with van der Waals surface area (Å²) < 4.78 is 0. The van der Waals surface area contributed by atoms with Gasteiger partial charge in [-0.1, -0.05) is 0 Å². The van der Waals surface area contributed by atoms with Crippen LogP contribution in [0.3, 0.4) is 0 Å². The molecule has 0 radical (unpaired) electrons. The highest BCUT2D eigenvalue weighted by Gasteiger charge is 2.21. The number of nitrogens with zero attached hydrogens (tertiary/aromatic N) is 1. The van der Waals surface area contributed by atoms with E-state index in [0.29, 0.717) is 0 Å². The zero-order chi connectivity index (χ0) is 11.3. The molecule has 7 heteroatoms. The van der Waals surface area contributed by atoms with Crippen molar-refractivity contribution >= 4 is 17.7 Å². The van der Waals surface area contributed by atoms with Gasteiger partial charge in [-0.05, 0) is 6.92 Å². The lowest BCUT2D eigenvalue weighted by Gasteiger charge is -2.23. The van der Waals surface area contributed by atoms with E-state index in [-0.39, 0.29) is 13.1 Å². The Bertz CT molecular complexity index is 237. The van der Waals surface area contributed by atoms with Gasteiger partial charge in [0, 0.05) is 0 Å². The van der Waals surface area contributed by atoms with E-state index < -0.39 is 23.8 Å². The number of primary amides is 3. The van der Waals surface area contributed by atoms with Crippen LogP contribution in [-0.4, -0.2) is 41.8 Å². The standard InChI is InChI=1S/C7H14N4O3/c1-4(7(10)14)11(2-5(8)12)3-6(9)13/h4H,2-3H2,1H3,(H2,8,12)(H2,9,13)(H2,10,14). The van der Waals surface area contributed by atoms with Gasteiger partial charge in [-0.2, -0.15) is 0 Å². The van der Waals surface area contributed by atoms with Crippen LogP contribution in [0.5, 0.6) is 0 Å². The Balaban J connectivity index is 4.45. The molecule has 0 spiro atoms. The quantitative estimate of drug-likeness (QED) is 0.427. The molecule has 0 fully saturated rings. The Morgan fingerprint density at radius 1 is 1.07 bits per heavy atom. The minimum atomic E-state index is -0.755. The van der Waals surface area contributed by atoms with Gasteiger partial charge >= 0.3 is 0 Å². The smallest absolute Gasteiger partial charge is 0.234 e. The second-order valence-corrected chi connectivity index (χ2v) is 2.92. The number of carbonyl (C=O) groups is 3. The molecule has 0 aliphatic heterocycles. The molecule has 0 saturated heterocycles. The minimum absolute atomic E-state index is 0.229. The predicted octanol–water partition coefficient (Wildman–Crippen LogP) is -2.87. The lowest BCUT2D eigenvalue weighted by atomic mass is 10.2.